The molecule has 11 aromatic rings. The minimum absolute atomic E-state index is 0.0486. The molecule has 0 saturated heterocycles. The molecule has 4 nitrogen and oxygen atoms in total. The first-order chi connectivity index (χ1) is 30.7. The number of hydrogen-bond donors (Lipinski definition) is 0. The van der Waals surface area contributed by atoms with E-state index in [1.54, 1.807) is 0 Å². The van der Waals surface area contributed by atoms with Crippen LogP contribution in [0.25, 0.3) is 60.9 Å². The number of nitrogens with zero attached hydrogens (tertiary/aromatic N) is 3. The van der Waals surface area contributed by atoms with E-state index in [9.17, 15) is 0 Å². The summed E-state index contributed by atoms with van der Waals surface area (Å²) in [6, 6.07) is 77.7. The van der Waals surface area contributed by atoms with Crippen molar-refractivity contribution in [2.75, 3.05) is 4.90 Å². The second-order valence-electron chi connectivity index (χ2n) is 16.7. The monoisotopic (exact) mass is 792 g/mol. The van der Waals surface area contributed by atoms with Crippen molar-refractivity contribution in [1.29, 1.82) is 0 Å². The zero-order chi connectivity index (χ0) is 40.9. The molecule has 0 radical (unpaired) electrons. The molecular formula is C57H39BN3O+. The topological polar surface area (TPSA) is 25.2 Å². The molecule has 4 heterocycles. The van der Waals surface area contributed by atoms with Gasteiger partial charge in [-0.1, -0.05) is 140 Å². The fraction of sp³-hybridized carbons (Fsp3) is 0.0351. The SMILES string of the molecule is Cc1n(-c2ccccc2)c2cccc3c2[n+]1B1c2ccc(C(c4ccccc4)c4ccccc4)cc2N(c2ccccc2)c2cc(-c4ccc5oc6ccccc6c5c4)cc-3c21. The summed E-state index contributed by atoms with van der Waals surface area (Å²) in [4.78, 5) is 2.53. The van der Waals surface area contributed by atoms with Crippen molar-refractivity contribution in [1.82, 2.24) is 4.57 Å². The molecule has 0 fully saturated rings. The molecule has 0 atom stereocenters. The van der Waals surface area contributed by atoms with E-state index in [2.05, 4.69) is 227 Å². The number of benzene rings is 9. The van der Waals surface area contributed by atoms with Crippen molar-refractivity contribution in [3.8, 4) is 27.9 Å². The summed E-state index contributed by atoms with van der Waals surface area (Å²) in [6.45, 7) is 2.21. The van der Waals surface area contributed by atoms with Crippen LogP contribution in [0, 0.1) is 6.92 Å². The average Bonchev–Trinajstić information content (AvgIpc) is 3.86. The zero-order valence-corrected chi connectivity index (χ0v) is 34.1. The van der Waals surface area contributed by atoms with Gasteiger partial charge >= 0.3 is 6.85 Å². The largest absolute Gasteiger partial charge is 0.456 e. The van der Waals surface area contributed by atoms with Gasteiger partial charge in [0.05, 0.1) is 0 Å². The maximum atomic E-state index is 6.32. The fourth-order valence-electron chi connectivity index (χ4n) is 10.7. The van der Waals surface area contributed by atoms with Gasteiger partial charge in [0.15, 0.2) is 11.0 Å². The van der Waals surface area contributed by atoms with Gasteiger partial charge in [0.25, 0.3) is 0 Å². The molecule has 5 heteroatoms. The molecule has 2 aliphatic rings. The summed E-state index contributed by atoms with van der Waals surface area (Å²) in [5, 5.41) is 2.26. The molecule has 0 unspecified atom stereocenters. The van der Waals surface area contributed by atoms with Gasteiger partial charge in [0.2, 0.25) is 5.82 Å². The average molecular weight is 793 g/mol. The number of hydrogen-bond acceptors (Lipinski definition) is 2. The molecule has 0 saturated carbocycles. The zero-order valence-electron chi connectivity index (χ0n) is 34.1. The summed E-state index contributed by atoms with van der Waals surface area (Å²) in [5.41, 5.74) is 20.1. The van der Waals surface area contributed by atoms with Gasteiger partial charge in [-0.05, 0) is 112 Å². The first kappa shape index (κ1) is 34.9. The summed E-state index contributed by atoms with van der Waals surface area (Å²) < 4.78 is 11.4. The highest BCUT2D eigenvalue weighted by Crippen LogP contribution is 2.45. The quantitative estimate of drug-likeness (QED) is 0.124. The van der Waals surface area contributed by atoms with Crippen molar-refractivity contribution >= 4 is 67.8 Å². The first-order valence-electron chi connectivity index (χ1n) is 21.5. The lowest BCUT2D eigenvalue weighted by Gasteiger charge is -2.39. The van der Waals surface area contributed by atoms with E-state index < -0.39 is 0 Å². The van der Waals surface area contributed by atoms with E-state index in [0.29, 0.717) is 0 Å². The van der Waals surface area contributed by atoms with Gasteiger partial charge in [0, 0.05) is 51.7 Å². The molecule has 13 rings (SSSR count). The van der Waals surface area contributed by atoms with Crippen LogP contribution in [0.3, 0.4) is 0 Å². The molecule has 0 bridgehead atoms. The predicted molar refractivity (Wildman–Crippen MR) is 255 cm³/mol. The lowest BCUT2D eigenvalue weighted by Crippen LogP contribution is -2.71. The maximum absolute atomic E-state index is 6.32. The van der Waals surface area contributed by atoms with Crippen LogP contribution in [-0.4, -0.2) is 11.4 Å². The Balaban J connectivity index is 1.13. The molecule has 290 valence electrons. The van der Waals surface area contributed by atoms with E-state index in [1.807, 2.05) is 6.07 Å². The highest BCUT2D eigenvalue weighted by atomic mass is 16.3. The number of furan rings is 1. The molecule has 0 spiro atoms. The second-order valence-corrected chi connectivity index (χ2v) is 16.7. The molecular weight excluding hydrogens is 753 g/mol. The predicted octanol–water partition coefficient (Wildman–Crippen LogP) is 12.4. The fourth-order valence-corrected chi connectivity index (χ4v) is 10.7. The standard InChI is InChI=1S/C57H39BN3O/c1-37-59(43-21-10-4-11-22-43)50-27-16-26-46-48-34-42(40-30-32-54-47(33-40)45-25-14-15-28-53(45)62-54)36-52-56(48)58(61(37)57(46)50)49-31-29-41(35-51(49)60(52)44-23-12-5-13-24-44)55(38-17-6-2-7-18-38)39-19-8-3-9-20-39/h2-36,55H,1H3/q+1. The lowest BCUT2D eigenvalue weighted by molar-refractivity contribution is -0.512. The van der Waals surface area contributed by atoms with Gasteiger partial charge in [-0.2, -0.15) is 4.57 Å². The van der Waals surface area contributed by atoms with Gasteiger partial charge in [0.1, 0.15) is 16.9 Å². The summed E-state index contributed by atoms with van der Waals surface area (Å²) in [7, 11) is 0. The van der Waals surface area contributed by atoms with Gasteiger partial charge < -0.3 is 9.32 Å². The Bertz CT molecular complexity index is 3500. The van der Waals surface area contributed by atoms with Crippen LogP contribution in [0.4, 0.5) is 17.1 Å². The number of imidazole rings is 1. The summed E-state index contributed by atoms with van der Waals surface area (Å²) >= 11 is 0. The number of rotatable bonds is 6. The van der Waals surface area contributed by atoms with Gasteiger partial charge in [-0.25, -0.2) is 0 Å². The van der Waals surface area contributed by atoms with Crippen LogP contribution in [0.2, 0.25) is 0 Å². The van der Waals surface area contributed by atoms with Crippen molar-refractivity contribution in [2.45, 2.75) is 12.8 Å². The Morgan fingerprint density at radius 2 is 1.15 bits per heavy atom. The maximum Gasteiger partial charge on any atom is 0.452 e. The second kappa shape index (κ2) is 13.6. The molecule has 2 aromatic heterocycles. The highest BCUT2D eigenvalue weighted by molar-refractivity contribution is 6.83. The minimum Gasteiger partial charge on any atom is -0.456 e. The Morgan fingerprint density at radius 1 is 0.484 bits per heavy atom. The van der Waals surface area contributed by atoms with Crippen LogP contribution in [0.15, 0.2) is 217 Å². The third-order valence-electron chi connectivity index (χ3n) is 13.3. The van der Waals surface area contributed by atoms with Crippen molar-refractivity contribution in [3.05, 3.63) is 235 Å². The van der Waals surface area contributed by atoms with Gasteiger partial charge in [-0.15, -0.1) is 0 Å². The Morgan fingerprint density at radius 3 is 1.89 bits per heavy atom. The Hall–Kier alpha value is -7.89. The van der Waals surface area contributed by atoms with Crippen LogP contribution in [0.5, 0.6) is 0 Å². The van der Waals surface area contributed by atoms with E-state index in [0.717, 1.165) is 38.9 Å². The van der Waals surface area contributed by atoms with E-state index in [-0.39, 0.29) is 12.8 Å². The molecule has 0 amide bonds. The summed E-state index contributed by atoms with van der Waals surface area (Å²) in [6.07, 6.45) is 0. The molecule has 0 aliphatic carbocycles. The van der Waals surface area contributed by atoms with E-state index in [4.69, 9.17) is 4.42 Å². The van der Waals surface area contributed by atoms with E-state index in [1.165, 1.54) is 72.5 Å². The number of fused-ring (bicyclic) bond motifs is 7. The first-order valence-corrected chi connectivity index (χ1v) is 21.5. The van der Waals surface area contributed by atoms with Gasteiger partial charge in [-0.3, -0.25) is 4.48 Å². The normalized spacial score (nSPS) is 12.7. The smallest absolute Gasteiger partial charge is 0.452 e. The van der Waals surface area contributed by atoms with Crippen LogP contribution in [0.1, 0.15) is 28.4 Å². The van der Waals surface area contributed by atoms with Crippen LogP contribution >= 0.6 is 0 Å². The molecule has 9 aromatic carbocycles. The number of anilines is 3. The van der Waals surface area contributed by atoms with Crippen LogP contribution in [-0.2, 0) is 0 Å². The minimum atomic E-state index is -0.0763. The molecule has 62 heavy (non-hydrogen) atoms. The van der Waals surface area contributed by atoms with Crippen LogP contribution < -0.4 is 20.3 Å². The third-order valence-corrected chi connectivity index (χ3v) is 13.3. The number of para-hydroxylation sites is 4. The van der Waals surface area contributed by atoms with Crippen molar-refractivity contribution < 1.29 is 8.90 Å². The summed E-state index contributed by atoms with van der Waals surface area (Å²) in [5.74, 6) is 1.24. The van der Waals surface area contributed by atoms with E-state index >= 15 is 0 Å². The number of aromatic nitrogens is 2. The Kier molecular flexibility index (Phi) is 7.64. The highest BCUT2D eigenvalue weighted by Gasteiger charge is 2.49. The lowest BCUT2D eigenvalue weighted by atomic mass is 9.45. The van der Waals surface area contributed by atoms with Crippen molar-refractivity contribution in [3.63, 3.8) is 0 Å². The molecule has 0 N–H and O–H groups in total. The molecule has 2 aliphatic heterocycles. The third kappa shape index (κ3) is 5.12. The Labute approximate surface area is 360 Å². The van der Waals surface area contributed by atoms with Crippen molar-refractivity contribution in [2.24, 2.45) is 0 Å².